The van der Waals surface area contributed by atoms with Crippen LogP contribution in [0.1, 0.15) is 45.6 Å². The fourth-order valence-corrected chi connectivity index (χ4v) is 5.15. The first-order valence-corrected chi connectivity index (χ1v) is 14.2. The summed E-state index contributed by atoms with van der Waals surface area (Å²) < 4.78 is 39.4. The molecule has 36 heavy (non-hydrogen) atoms. The van der Waals surface area contributed by atoms with E-state index in [0.29, 0.717) is 17.0 Å². The average molecular weight is 561 g/mol. The van der Waals surface area contributed by atoms with Gasteiger partial charge in [0.05, 0.1) is 17.0 Å². The first-order valence-electron chi connectivity index (χ1n) is 11.6. The predicted molar refractivity (Wildman–Crippen MR) is 142 cm³/mol. The highest BCUT2D eigenvalue weighted by Gasteiger charge is 2.29. The second kappa shape index (κ2) is 13.3. The lowest BCUT2D eigenvalue weighted by Gasteiger charge is -2.31. The van der Waals surface area contributed by atoms with Crippen LogP contribution in [0.15, 0.2) is 42.5 Å². The largest absolute Gasteiger partial charge is 0.352 e. The number of sulfonamides is 1. The zero-order valence-electron chi connectivity index (χ0n) is 20.8. The smallest absolute Gasteiger partial charge is 0.243 e. The van der Waals surface area contributed by atoms with Crippen molar-refractivity contribution in [3.8, 4) is 0 Å². The summed E-state index contributed by atoms with van der Waals surface area (Å²) in [4.78, 5) is 27.7. The van der Waals surface area contributed by atoms with Gasteiger partial charge < -0.3 is 10.2 Å². The molecule has 0 fully saturated rings. The summed E-state index contributed by atoms with van der Waals surface area (Å²) in [6.45, 7) is 5.57. The molecule has 1 unspecified atom stereocenters. The second-order valence-corrected chi connectivity index (χ2v) is 11.5. The van der Waals surface area contributed by atoms with E-state index >= 15 is 0 Å². The molecule has 0 aliphatic carbocycles. The minimum atomic E-state index is -3.71. The standard InChI is InChI=1S/C25H32Cl2FN3O4S/c1-5-22(25(33)29-17(2)3)30(16-18-8-11-20(28)12-9-18)24(32)7-6-14-31(36(4,34)35)23-15-19(26)10-13-21(23)27/h8-13,15,17,22H,5-7,14,16H2,1-4H3,(H,29,33). The molecule has 0 aliphatic rings. The van der Waals surface area contributed by atoms with Crippen molar-refractivity contribution in [3.63, 3.8) is 0 Å². The molecular weight excluding hydrogens is 528 g/mol. The number of hydrogen-bond acceptors (Lipinski definition) is 4. The number of halogens is 3. The molecule has 1 N–H and O–H groups in total. The molecule has 0 bridgehead atoms. The van der Waals surface area contributed by atoms with Crippen LogP contribution in [-0.2, 0) is 26.2 Å². The van der Waals surface area contributed by atoms with Crippen LogP contribution in [0.3, 0.4) is 0 Å². The van der Waals surface area contributed by atoms with E-state index in [9.17, 15) is 22.4 Å². The maximum absolute atomic E-state index is 13.4. The minimum absolute atomic E-state index is 0.00991. The van der Waals surface area contributed by atoms with E-state index in [-0.39, 0.29) is 54.5 Å². The maximum Gasteiger partial charge on any atom is 0.243 e. The van der Waals surface area contributed by atoms with Crippen LogP contribution in [0, 0.1) is 5.82 Å². The van der Waals surface area contributed by atoms with Gasteiger partial charge in [0.15, 0.2) is 0 Å². The topological polar surface area (TPSA) is 86.8 Å². The molecule has 0 radical (unpaired) electrons. The molecule has 0 heterocycles. The van der Waals surface area contributed by atoms with Crippen molar-refractivity contribution in [2.24, 2.45) is 0 Å². The Morgan fingerprint density at radius 1 is 1.08 bits per heavy atom. The van der Waals surface area contributed by atoms with Crippen LogP contribution in [0.2, 0.25) is 10.0 Å². The van der Waals surface area contributed by atoms with Crippen LogP contribution >= 0.6 is 23.2 Å². The molecule has 0 aromatic heterocycles. The van der Waals surface area contributed by atoms with Crippen LogP contribution in [-0.4, -0.2) is 50.0 Å². The second-order valence-electron chi connectivity index (χ2n) is 8.77. The van der Waals surface area contributed by atoms with Crippen LogP contribution in [0.5, 0.6) is 0 Å². The van der Waals surface area contributed by atoms with Crippen LogP contribution in [0.25, 0.3) is 0 Å². The van der Waals surface area contributed by atoms with Crippen LogP contribution in [0.4, 0.5) is 10.1 Å². The number of rotatable bonds is 12. The first kappa shape index (κ1) is 29.9. The van der Waals surface area contributed by atoms with E-state index in [4.69, 9.17) is 23.2 Å². The summed E-state index contributed by atoms with van der Waals surface area (Å²) in [5.74, 6) is -1.01. The van der Waals surface area contributed by atoms with Gasteiger partial charge in [-0.25, -0.2) is 12.8 Å². The molecule has 0 aliphatic heterocycles. The SMILES string of the molecule is CCC(C(=O)NC(C)C)N(Cc1ccc(F)cc1)C(=O)CCCN(c1cc(Cl)ccc1Cl)S(C)(=O)=O. The van der Waals surface area contributed by atoms with E-state index in [0.717, 1.165) is 10.6 Å². The molecule has 1 atom stereocenters. The van der Waals surface area contributed by atoms with Crippen molar-refractivity contribution >= 4 is 50.7 Å². The number of carbonyl (C=O) groups is 2. The van der Waals surface area contributed by atoms with Gasteiger partial charge in [-0.1, -0.05) is 42.3 Å². The maximum atomic E-state index is 13.4. The highest BCUT2D eigenvalue weighted by molar-refractivity contribution is 7.92. The highest BCUT2D eigenvalue weighted by atomic mass is 35.5. The predicted octanol–water partition coefficient (Wildman–Crippen LogP) is 5.01. The fraction of sp³-hybridized carbons (Fsp3) is 0.440. The molecule has 198 valence electrons. The third kappa shape index (κ3) is 8.64. The van der Waals surface area contributed by atoms with E-state index in [1.165, 1.54) is 29.2 Å². The molecular formula is C25H32Cl2FN3O4S. The van der Waals surface area contributed by atoms with E-state index < -0.39 is 21.9 Å². The number of carbonyl (C=O) groups excluding carboxylic acids is 2. The lowest BCUT2D eigenvalue weighted by atomic mass is 10.1. The van der Waals surface area contributed by atoms with Gasteiger partial charge in [0, 0.05) is 30.6 Å². The number of anilines is 1. The van der Waals surface area contributed by atoms with Crippen molar-refractivity contribution in [2.45, 2.75) is 58.7 Å². The minimum Gasteiger partial charge on any atom is -0.352 e. The summed E-state index contributed by atoms with van der Waals surface area (Å²) in [5, 5.41) is 3.38. The Morgan fingerprint density at radius 2 is 1.72 bits per heavy atom. The van der Waals surface area contributed by atoms with Crippen molar-refractivity contribution in [3.05, 3.63) is 63.9 Å². The Bertz CT molecular complexity index is 1160. The van der Waals surface area contributed by atoms with E-state index in [2.05, 4.69) is 5.32 Å². The van der Waals surface area contributed by atoms with Crippen molar-refractivity contribution < 1.29 is 22.4 Å². The van der Waals surface area contributed by atoms with Gasteiger partial charge in [-0.2, -0.15) is 0 Å². The summed E-state index contributed by atoms with van der Waals surface area (Å²) in [6.07, 6.45) is 1.59. The van der Waals surface area contributed by atoms with Crippen LogP contribution < -0.4 is 9.62 Å². The van der Waals surface area contributed by atoms with Crippen molar-refractivity contribution in [1.29, 1.82) is 0 Å². The molecule has 2 amide bonds. The van der Waals surface area contributed by atoms with Gasteiger partial charge in [-0.3, -0.25) is 13.9 Å². The fourth-order valence-electron chi connectivity index (χ4n) is 3.75. The molecule has 11 heteroatoms. The highest BCUT2D eigenvalue weighted by Crippen LogP contribution is 2.31. The Hall–Kier alpha value is -2.36. The zero-order valence-corrected chi connectivity index (χ0v) is 23.1. The average Bonchev–Trinajstić information content (AvgIpc) is 2.78. The summed E-state index contributed by atoms with van der Waals surface area (Å²) >= 11 is 12.3. The van der Waals surface area contributed by atoms with Gasteiger partial charge in [-0.05, 0) is 62.6 Å². The van der Waals surface area contributed by atoms with Gasteiger partial charge in [0.1, 0.15) is 11.9 Å². The lowest BCUT2D eigenvalue weighted by molar-refractivity contribution is -0.141. The van der Waals surface area contributed by atoms with Gasteiger partial charge in [-0.15, -0.1) is 0 Å². The summed E-state index contributed by atoms with van der Waals surface area (Å²) in [6, 6.07) is 9.39. The number of nitrogens with one attached hydrogen (secondary N) is 1. The summed E-state index contributed by atoms with van der Waals surface area (Å²) in [5.41, 5.74) is 0.897. The van der Waals surface area contributed by atoms with Crippen molar-refractivity contribution in [2.75, 3.05) is 17.1 Å². The monoisotopic (exact) mass is 559 g/mol. The Labute approximate surface area is 222 Å². The summed E-state index contributed by atoms with van der Waals surface area (Å²) in [7, 11) is -3.71. The molecule has 7 nitrogen and oxygen atoms in total. The van der Waals surface area contributed by atoms with Gasteiger partial charge >= 0.3 is 0 Å². The number of nitrogens with zero attached hydrogens (tertiary/aromatic N) is 2. The zero-order chi connectivity index (χ0) is 27.0. The van der Waals surface area contributed by atoms with Crippen molar-refractivity contribution in [1.82, 2.24) is 10.2 Å². The Balaban J connectivity index is 2.24. The Morgan fingerprint density at radius 3 is 2.28 bits per heavy atom. The van der Waals surface area contributed by atoms with Gasteiger partial charge in [0.25, 0.3) is 0 Å². The molecule has 2 rings (SSSR count). The third-order valence-electron chi connectivity index (χ3n) is 5.41. The quantitative estimate of drug-likeness (QED) is 0.396. The molecule has 0 spiro atoms. The van der Waals surface area contributed by atoms with Gasteiger partial charge in [0.2, 0.25) is 21.8 Å². The number of benzene rings is 2. The van der Waals surface area contributed by atoms with E-state index in [1.54, 1.807) is 18.2 Å². The molecule has 0 saturated heterocycles. The van der Waals surface area contributed by atoms with E-state index in [1.807, 2.05) is 20.8 Å². The molecule has 2 aromatic rings. The molecule has 2 aromatic carbocycles. The number of amides is 2. The normalized spacial score (nSPS) is 12.3. The number of hydrogen-bond donors (Lipinski definition) is 1. The molecule has 0 saturated carbocycles. The lowest BCUT2D eigenvalue weighted by Crippen LogP contribution is -2.50. The Kier molecular flexibility index (Phi) is 11.0. The third-order valence-corrected chi connectivity index (χ3v) is 7.15. The first-order chi connectivity index (χ1) is 16.8.